The van der Waals surface area contributed by atoms with Crippen LogP contribution in [0.2, 0.25) is 0 Å². The van der Waals surface area contributed by atoms with Gasteiger partial charge in [-0.3, -0.25) is 0 Å². The fraction of sp³-hybridized carbons (Fsp3) is 0.250. The number of phenolic OH excluding ortho intramolecular Hbond substituents is 2. The molecule has 4 aromatic rings. The van der Waals surface area contributed by atoms with E-state index in [9.17, 15) is 10.2 Å². The number of benzene rings is 3. The van der Waals surface area contributed by atoms with Crippen molar-refractivity contribution in [3.8, 4) is 17.2 Å². The summed E-state index contributed by atoms with van der Waals surface area (Å²) in [5.74, 6) is 0.571. The van der Waals surface area contributed by atoms with Gasteiger partial charge in [-0.25, -0.2) is 0 Å². The first kappa shape index (κ1) is 22.0. The number of aryl methyl sites for hydroxylation is 1. The molecule has 162 valence electrons. The number of phenols is 2. The Balaban J connectivity index is 1.60. The number of alkyl halides is 1. The molecule has 3 aromatic carbocycles. The summed E-state index contributed by atoms with van der Waals surface area (Å²) in [6, 6.07) is 17.1. The zero-order valence-corrected chi connectivity index (χ0v) is 20.5. The second-order valence-electron chi connectivity index (χ2n) is 7.38. The molecule has 0 fully saturated rings. The van der Waals surface area contributed by atoms with Gasteiger partial charge in [0, 0.05) is 0 Å². The van der Waals surface area contributed by atoms with Gasteiger partial charge in [-0.2, -0.15) is 0 Å². The maximum atomic E-state index is 10.9. The van der Waals surface area contributed by atoms with Crippen LogP contribution >= 0.6 is 11.8 Å². The molecule has 31 heavy (non-hydrogen) atoms. The second-order valence-corrected chi connectivity index (χ2v) is 11.5. The summed E-state index contributed by atoms with van der Waals surface area (Å²) in [6.07, 6.45) is 3.68. The number of rotatable bonds is 8. The van der Waals surface area contributed by atoms with Crippen LogP contribution in [-0.4, -0.2) is 29.6 Å². The van der Waals surface area contributed by atoms with Crippen LogP contribution < -0.4 is 21.2 Å². The first-order valence-electron chi connectivity index (χ1n) is 10.3. The molecular weight excluding hydrogens is 521 g/mol. The number of fused-ring (bicyclic) bond motifs is 1. The van der Waals surface area contributed by atoms with E-state index in [1.165, 1.54) is 23.7 Å². The van der Waals surface area contributed by atoms with Crippen molar-refractivity contribution in [2.75, 3.05) is 4.43 Å². The van der Waals surface area contributed by atoms with Crippen molar-refractivity contribution in [3.63, 3.8) is 0 Å². The van der Waals surface area contributed by atoms with Crippen molar-refractivity contribution in [2.24, 2.45) is 0 Å². The van der Waals surface area contributed by atoms with E-state index in [0.717, 1.165) is 30.0 Å². The van der Waals surface area contributed by atoms with Gasteiger partial charge in [0.2, 0.25) is 0 Å². The Morgan fingerprint density at radius 3 is 2.42 bits per heavy atom. The van der Waals surface area contributed by atoms with Crippen molar-refractivity contribution >= 4 is 22.8 Å². The second kappa shape index (κ2) is 9.91. The van der Waals surface area contributed by atoms with Crippen LogP contribution in [0.3, 0.4) is 0 Å². The Morgan fingerprint density at radius 1 is 0.903 bits per heavy atom. The average molecular weight is 546 g/mol. The molecule has 1 heterocycles. The number of nitrogens with zero attached hydrogens (tertiary/aromatic N) is 3. The number of unbranched alkanes of at least 4 members (excludes halogenated alkanes) is 2. The predicted octanol–water partition coefficient (Wildman–Crippen LogP) is 2.74. The molecule has 0 saturated carbocycles. The molecule has 0 spiro atoms. The molecule has 0 unspecified atom stereocenters. The molecule has 1 aromatic heterocycles. The normalized spacial score (nSPS) is 11.4. The zero-order valence-electron chi connectivity index (χ0n) is 17.5. The van der Waals surface area contributed by atoms with Crippen molar-refractivity contribution in [1.29, 1.82) is 0 Å². The zero-order chi connectivity index (χ0) is 21.8. The van der Waals surface area contributed by atoms with Gasteiger partial charge in [0.25, 0.3) is 0 Å². The third-order valence-electron chi connectivity index (χ3n) is 4.80. The number of hydrogen-bond donors (Lipinski definition) is 2. The Morgan fingerprint density at radius 2 is 1.65 bits per heavy atom. The Kier molecular flexibility index (Phi) is 7.02. The molecule has 0 bridgehead atoms. The topological polar surface area (TPSA) is 71.2 Å². The molecule has 0 amide bonds. The maximum absolute atomic E-state index is 10.9. The number of hydrogen-bond acceptors (Lipinski definition) is 5. The standard InChI is InChI=1S/C24H25IN3O2S/c1-3-4-5-12-25-20-13-16(2)14-23(24(20)30)28-26-21-11-10-19(15-22(21)27-28)31-18-8-6-17(29)7-9-18/h6-11,13-15,29-30H,3-5,12H2,1-2H3/q-1. The molecule has 7 heteroatoms. The van der Waals surface area contributed by atoms with Crippen LogP contribution in [0.1, 0.15) is 31.7 Å². The van der Waals surface area contributed by atoms with Gasteiger partial charge in [0.05, 0.1) is 0 Å². The van der Waals surface area contributed by atoms with Gasteiger partial charge < -0.3 is 5.11 Å². The molecular formula is C24H25IN3O2S-. The predicted molar refractivity (Wildman–Crippen MR) is 121 cm³/mol. The van der Waals surface area contributed by atoms with Crippen molar-refractivity contribution in [3.05, 3.63) is 63.7 Å². The van der Waals surface area contributed by atoms with Crippen LogP contribution in [0.4, 0.5) is 0 Å². The minimum absolute atomic E-state index is 0.234. The van der Waals surface area contributed by atoms with Gasteiger partial charge in [0.15, 0.2) is 0 Å². The number of aromatic nitrogens is 3. The van der Waals surface area contributed by atoms with E-state index in [4.69, 9.17) is 0 Å². The van der Waals surface area contributed by atoms with E-state index < -0.39 is 0 Å². The van der Waals surface area contributed by atoms with Crippen molar-refractivity contribution in [1.82, 2.24) is 15.0 Å². The Hall–Kier alpha value is -2.26. The SMILES string of the molecule is CCCCC[I-]c1cc(C)cc(-n2nc3ccc(Sc4ccc(O)cc4)cc3n2)c1O. The van der Waals surface area contributed by atoms with Crippen LogP contribution in [-0.2, 0) is 0 Å². The fourth-order valence-electron chi connectivity index (χ4n) is 3.20. The fourth-order valence-corrected chi connectivity index (χ4v) is 6.90. The third-order valence-corrected chi connectivity index (χ3v) is 8.75. The summed E-state index contributed by atoms with van der Waals surface area (Å²) in [6.45, 7) is 4.26. The molecule has 0 radical (unpaired) electrons. The molecule has 0 saturated heterocycles. The Bertz CT molecular complexity index is 1190. The Labute approximate surface area is 196 Å². The minimum atomic E-state index is -0.234. The molecule has 5 nitrogen and oxygen atoms in total. The third kappa shape index (κ3) is 5.33. The van der Waals surface area contributed by atoms with Crippen molar-refractivity contribution < 1.29 is 31.4 Å². The number of halogens is 1. The van der Waals surface area contributed by atoms with Crippen LogP contribution in [0.5, 0.6) is 11.5 Å². The monoisotopic (exact) mass is 546 g/mol. The molecule has 0 aliphatic rings. The summed E-state index contributed by atoms with van der Waals surface area (Å²) in [5.41, 5.74) is 3.33. The molecule has 4 rings (SSSR count). The molecule has 0 atom stereocenters. The molecule has 0 aliphatic heterocycles. The quantitative estimate of drug-likeness (QED) is 0.202. The van der Waals surface area contributed by atoms with Crippen molar-refractivity contribution in [2.45, 2.75) is 42.9 Å². The van der Waals surface area contributed by atoms with E-state index in [0.29, 0.717) is 11.4 Å². The van der Waals surface area contributed by atoms with E-state index in [1.54, 1.807) is 28.7 Å². The van der Waals surface area contributed by atoms with Crippen LogP contribution in [0, 0.1) is 10.5 Å². The summed E-state index contributed by atoms with van der Waals surface area (Å²) in [7, 11) is 0. The summed E-state index contributed by atoms with van der Waals surface area (Å²) in [4.78, 5) is 3.64. The van der Waals surface area contributed by atoms with Gasteiger partial charge >= 0.3 is 187 Å². The summed E-state index contributed by atoms with van der Waals surface area (Å²) >= 11 is 1.37. The van der Waals surface area contributed by atoms with E-state index in [-0.39, 0.29) is 27.0 Å². The summed E-state index contributed by atoms with van der Waals surface area (Å²) < 4.78 is 2.24. The average Bonchev–Trinajstić information content (AvgIpc) is 3.18. The summed E-state index contributed by atoms with van der Waals surface area (Å²) in [5, 5.41) is 29.6. The van der Waals surface area contributed by atoms with Gasteiger partial charge in [0.1, 0.15) is 5.75 Å². The van der Waals surface area contributed by atoms with E-state index in [1.807, 2.05) is 36.4 Å². The van der Waals surface area contributed by atoms with E-state index in [2.05, 4.69) is 30.1 Å². The van der Waals surface area contributed by atoms with Crippen LogP contribution in [0.25, 0.3) is 16.7 Å². The van der Waals surface area contributed by atoms with Gasteiger partial charge in [-0.05, 0) is 0 Å². The first-order valence-corrected chi connectivity index (χ1v) is 13.7. The molecule has 0 aliphatic carbocycles. The first-order chi connectivity index (χ1) is 15.0. The van der Waals surface area contributed by atoms with Gasteiger partial charge in [-0.1, -0.05) is 0 Å². The van der Waals surface area contributed by atoms with Crippen LogP contribution in [0.15, 0.2) is 64.4 Å². The molecule has 2 N–H and O–H groups in total. The van der Waals surface area contributed by atoms with E-state index >= 15 is 0 Å². The van der Waals surface area contributed by atoms with Gasteiger partial charge in [-0.15, -0.1) is 0 Å². The number of aromatic hydroxyl groups is 2.